The first kappa shape index (κ1) is 14.4. The minimum Gasteiger partial charge on any atom is -0.298 e. The second kappa shape index (κ2) is 5.98. The second-order valence-electron chi connectivity index (χ2n) is 3.97. The standard InChI is InChI=1S/C13H10N2O3S2/c1-8(17)14-15-12(18)11(20-13(15)19)6-9-2-4-10(7-16)5-3-9/h2-7H,1H3,(H,14,17). The summed E-state index contributed by atoms with van der Waals surface area (Å²) in [4.78, 5) is 34.0. The van der Waals surface area contributed by atoms with Gasteiger partial charge >= 0.3 is 0 Å². The highest BCUT2D eigenvalue weighted by atomic mass is 32.2. The summed E-state index contributed by atoms with van der Waals surface area (Å²) < 4.78 is 0.279. The Labute approximate surface area is 125 Å². The quantitative estimate of drug-likeness (QED) is 0.523. The number of hydrazine groups is 1. The van der Waals surface area contributed by atoms with E-state index in [-0.39, 0.29) is 16.1 Å². The molecular formula is C13H10N2O3S2. The van der Waals surface area contributed by atoms with Crippen molar-refractivity contribution in [3.8, 4) is 0 Å². The Bertz CT molecular complexity index is 623. The maximum absolute atomic E-state index is 12.1. The van der Waals surface area contributed by atoms with Gasteiger partial charge in [-0.3, -0.25) is 19.8 Å². The molecule has 102 valence electrons. The molecule has 20 heavy (non-hydrogen) atoms. The van der Waals surface area contributed by atoms with E-state index in [9.17, 15) is 14.4 Å². The average molecular weight is 306 g/mol. The van der Waals surface area contributed by atoms with Crippen LogP contribution in [-0.4, -0.2) is 27.4 Å². The average Bonchev–Trinajstić information content (AvgIpc) is 2.67. The number of nitrogens with zero attached hydrogens (tertiary/aromatic N) is 1. The highest BCUT2D eigenvalue weighted by Gasteiger charge is 2.32. The summed E-state index contributed by atoms with van der Waals surface area (Å²) in [7, 11) is 0. The van der Waals surface area contributed by atoms with Gasteiger partial charge in [0, 0.05) is 12.5 Å². The van der Waals surface area contributed by atoms with Gasteiger partial charge in [-0.05, 0) is 23.9 Å². The van der Waals surface area contributed by atoms with Crippen LogP contribution in [0.15, 0.2) is 29.2 Å². The zero-order valence-corrected chi connectivity index (χ0v) is 12.1. The van der Waals surface area contributed by atoms with E-state index < -0.39 is 0 Å². The molecule has 5 nitrogen and oxygen atoms in total. The van der Waals surface area contributed by atoms with Crippen molar-refractivity contribution in [3.63, 3.8) is 0 Å². The van der Waals surface area contributed by atoms with Crippen molar-refractivity contribution in [3.05, 3.63) is 40.3 Å². The Morgan fingerprint density at radius 2 is 1.90 bits per heavy atom. The first-order chi connectivity index (χ1) is 9.51. The molecule has 0 aromatic heterocycles. The molecular weight excluding hydrogens is 296 g/mol. The van der Waals surface area contributed by atoms with Gasteiger partial charge in [-0.1, -0.05) is 36.0 Å². The summed E-state index contributed by atoms with van der Waals surface area (Å²) in [6.45, 7) is 1.31. The van der Waals surface area contributed by atoms with Crippen molar-refractivity contribution in [1.29, 1.82) is 0 Å². The fraction of sp³-hybridized carbons (Fsp3) is 0.0769. The number of hydrogen-bond acceptors (Lipinski definition) is 5. The predicted molar refractivity (Wildman–Crippen MR) is 80.7 cm³/mol. The van der Waals surface area contributed by atoms with Gasteiger partial charge in [-0.15, -0.1) is 0 Å². The van der Waals surface area contributed by atoms with Crippen LogP contribution in [0.3, 0.4) is 0 Å². The maximum atomic E-state index is 12.1. The van der Waals surface area contributed by atoms with Gasteiger partial charge in [0.1, 0.15) is 6.29 Å². The van der Waals surface area contributed by atoms with E-state index in [1.54, 1.807) is 30.3 Å². The minimum absolute atomic E-state index is 0.279. The van der Waals surface area contributed by atoms with Gasteiger partial charge in [0.25, 0.3) is 5.91 Å². The van der Waals surface area contributed by atoms with E-state index in [0.29, 0.717) is 10.5 Å². The molecule has 0 unspecified atom stereocenters. The summed E-state index contributed by atoms with van der Waals surface area (Å²) in [5.41, 5.74) is 3.71. The Balaban J connectivity index is 2.22. The maximum Gasteiger partial charge on any atom is 0.285 e. The van der Waals surface area contributed by atoms with Gasteiger partial charge in [-0.2, -0.15) is 5.01 Å². The van der Waals surface area contributed by atoms with Crippen LogP contribution in [0.4, 0.5) is 0 Å². The minimum atomic E-state index is -0.366. The van der Waals surface area contributed by atoms with E-state index in [4.69, 9.17) is 12.2 Å². The van der Waals surface area contributed by atoms with Crippen molar-refractivity contribution < 1.29 is 14.4 Å². The third kappa shape index (κ3) is 3.12. The molecule has 2 rings (SSSR count). The van der Waals surface area contributed by atoms with Crippen molar-refractivity contribution >= 4 is 52.5 Å². The molecule has 1 aliphatic rings. The van der Waals surface area contributed by atoms with Crippen LogP contribution < -0.4 is 5.43 Å². The van der Waals surface area contributed by atoms with Crippen LogP contribution in [0.2, 0.25) is 0 Å². The molecule has 0 aliphatic carbocycles. The number of thiocarbonyl (C=S) groups is 1. The number of thioether (sulfide) groups is 1. The molecule has 7 heteroatoms. The molecule has 0 atom stereocenters. The topological polar surface area (TPSA) is 66.5 Å². The summed E-state index contributed by atoms with van der Waals surface area (Å²) >= 11 is 6.15. The zero-order valence-electron chi connectivity index (χ0n) is 10.5. The highest BCUT2D eigenvalue weighted by Crippen LogP contribution is 2.31. The van der Waals surface area contributed by atoms with Crippen LogP contribution in [-0.2, 0) is 9.59 Å². The van der Waals surface area contributed by atoms with Crippen LogP contribution in [0.25, 0.3) is 6.08 Å². The van der Waals surface area contributed by atoms with E-state index in [1.807, 2.05) is 0 Å². The van der Waals surface area contributed by atoms with Gasteiger partial charge in [-0.25, -0.2) is 0 Å². The molecule has 0 bridgehead atoms. The molecule has 1 aliphatic heterocycles. The molecule has 1 aromatic carbocycles. The second-order valence-corrected chi connectivity index (χ2v) is 5.65. The largest absolute Gasteiger partial charge is 0.298 e. The number of benzene rings is 1. The lowest BCUT2D eigenvalue weighted by Gasteiger charge is -2.13. The summed E-state index contributed by atoms with van der Waals surface area (Å²) in [6, 6.07) is 6.78. The number of carbonyl (C=O) groups is 3. The van der Waals surface area contributed by atoms with E-state index >= 15 is 0 Å². The Morgan fingerprint density at radius 1 is 1.30 bits per heavy atom. The lowest BCUT2D eigenvalue weighted by atomic mass is 10.1. The number of amides is 2. The molecule has 1 aromatic rings. The Kier molecular flexibility index (Phi) is 4.31. The van der Waals surface area contributed by atoms with Crippen molar-refractivity contribution in [2.45, 2.75) is 6.92 Å². The molecule has 0 saturated carbocycles. The molecule has 1 heterocycles. The molecule has 2 amide bonds. The van der Waals surface area contributed by atoms with Gasteiger partial charge in [0.2, 0.25) is 5.91 Å². The van der Waals surface area contributed by atoms with E-state index in [2.05, 4.69) is 5.43 Å². The zero-order chi connectivity index (χ0) is 14.7. The molecule has 0 spiro atoms. The van der Waals surface area contributed by atoms with E-state index in [0.717, 1.165) is 28.6 Å². The van der Waals surface area contributed by atoms with Crippen LogP contribution in [0.1, 0.15) is 22.8 Å². The number of aldehydes is 1. The first-order valence-corrected chi connectivity index (χ1v) is 6.84. The van der Waals surface area contributed by atoms with Crippen molar-refractivity contribution in [2.24, 2.45) is 0 Å². The molecule has 1 N–H and O–H groups in total. The lowest BCUT2D eigenvalue weighted by molar-refractivity contribution is -0.131. The summed E-state index contributed by atoms with van der Waals surface area (Å²) in [6.07, 6.45) is 2.41. The van der Waals surface area contributed by atoms with E-state index in [1.165, 1.54) is 6.92 Å². The molecule has 0 radical (unpaired) electrons. The van der Waals surface area contributed by atoms with Crippen LogP contribution in [0, 0.1) is 0 Å². The smallest absolute Gasteiger partial charge is 0.285 e. The predicted octanol–water partition coefficient (Wildman–Crippen LogP) is 1.75. The normalized spacial score (nSPS) is 16.6. The third-order valence-corrected chi connectivity index (χ3v) is 3.74. The highest BCUT2D eigenvalue weighted by molar-refractivity contribution is 8.26. The van der Waals surface area contributed by atoms with Gasteiger partial charge in [0.15, 0.2) is 4.32 Å². The Hall–Kier alpha value is -1.99. The fourth-order valence-electron chi connectivity index (χ4n) is 1.54. The lowest BCUT2D eigenvalue weighted by Crippen LogP contribution is -2.43. The van der Waals surface area contributed by atoms with Gasteiger partial charge in [0.05, 0.1) is 4.91 Å². The summed E-state index contributed by atoms with van der Waals surface area (Å²) in [5, 5.41) is 1.05. The summed E-state index contributed by atoms with van der Waals surface area (Å²) in [5.74, 6) is -0.729. The van der Waals surface area contributed by atoms with Crippen molar-refractivity contribution in [2.75, 3.05) is 0 Å². The fourth-order valence-corrected chi connectivity index (χ4v) is 2.72. The molecule has 1 saturated heterocycles. The number of nitrogens with one attached hydrogen (secondary N) is 1. The first-order valence-electron chi connectivity index (χ1n) is 5.61. The van der Waals surface area contributed by atoms with Gasteiger partial charge < -0.3 is 0 Å². The van der Waals surface area contributed by atoms with Crippen LogP contribution in [0.5, 0.6) is 0 Å². The Morgan fingerprint density at radius 3 is 2.45 bits per heavy atom. The number of carbonyl (C=O) groups excluding carboxylic acids is 3. The number of rotatable bonds is 3. The monoisotopic (exact) mass is 306 g/mol. The molecule has 1 fully saturated rings. The third-order valence-electron chi connectivity index (χ3n) is 2.43. The van der Waals surface area contributed by atoms with Crippen molar-refractivity contribution in [1.82, 2.24) is 10.4 Å². The van der Waals surface area contributed by atoms with Crippen LogP contribution >= 0.6 is 24.0 Å². The SMILES string of the molecule is CC(=O)NN1C(=O)C(=Cc2ccc(C=O)cc2)SC1=S. The number of hydrogen-bond donors (Lipinski definition) is 1.